The van der Waals surface area contributed by atoms with Crippen LogP contribution in [0, 0.1) is 5.92 Å². The lowest BCUT2D eigenvalue weighted by molar-refractivity contribution is -0.115. The largest absolute Gasteiger partial charge is 0.349 e. The molecule has 1 aliphatic heterocycles. The fraction of sp³-hybridized carbons (Fsp3) is 0.294. The molecule has 6 heteroatoms. The Morgan fingerprint density at radius 3 is 2.17 bits per heavy atom. The third-order valence-electron chi connectivity index (χ3n) is 3.68. The predicted molar refractivity (Wildman–Crippen MR) is 93.3 cm³/mol. The molecule has 3 nitrogen and oxygen atoms in total. The SMILES string of the molecule is CC(=O)C1=CN(Cc2ccccc2)C=C(C(=O)C(Cl)(Cl)Cl)C1C. The number of halogens is 3. The van der Waals surface area contributed by atoms with E-state index < -0.39 is 15.5 Å². The Kier molecular flexibility index (Phi) is 5.56. The zero-order chi connectivity index (χ0) is 17.2. The first-order valence-electron chi connectivity index (χ1n) is 7.05. The van der Waals surface area contributed by atoms with Gasteiger partial charge in [-0.1, -0.05) is 72.1 Å². The van der Waals surface area contributed by atoms with Crippen molar-refractivity contribution in [3.63, 3.8) is 0 Å². The second kappa shape index (κ2) is 7.08. The van der Waals surface area contributed by atoms with Crippen molar-refractivity contribution in [1.29, 1.82) is 0 Å². The van der Waals surface area contributed by atoms with Crippen LogP contribution >= 0.6 is 34.8 Å². The minimum Gasteiger partial charge on any atom is -0.349 e. The number of hydrogen-bond donors (Lipinski definition) is 0. The molecule has 0 aliphatic carbocycles. The van der Waals surface area contributed by atoms with Crippen LogP contribution in [0.4, 0.5) is 0 Å². The number of nitrogens with zero attached hydrogens (tertiary/aromatic N) is 1. The van der Waals surface area contributed by atoms with Gasteiger partial charge in [-0.2, -0.15) is 0 Å². The number of carbonyl (C=O) groups excluding carboxylic acids is 2. The summed E-state index contributed by atoms with van der Waals surface area (Å²) in [4.78, 5) is 26.0. The molecule has 1 heterocycles. The van der Waals surface area contributed by atoms with E-state index in [0.717, 1.165) is 5.56 Å². The number of allylic oxidation sites excluding steroid dienone is 2. The van der Waals surface area contributed by atoms with Crippen molar-refractivity contribution < 1.29 is 9.59 Å². The van der Waals surface area contributed by atoms with Crippen LogP contribution in [0.5, 0.6) is 0 Å². The van der Waals surface area contributed by atoms with E-state index in [1.807, 2.05) is 30.3 Å². The van der Waals surface area contributed by atoms with Crippen molar-refractivity contribution in [1.82, 2.24) is 4.90 Å². The molecule has 1 aromatic rings. The minimum absolute atomic E-state index is 0.113. The molecule has 0 N–H and O–H groups in total. The number of Topliss-reactive ketones (excluding diaryl/α,β-unsaturated/α-hetero) is 2. The molecule has 0 bridgehead atoms. The van der Waals surface area contributed by atoms with E-state index in [-0.39, 0.29) is 5.78 Å². The first kappa shape index (κ1) is 18.1. The van der Waals surface area contributed by atoms with E-state index in [2.05, 4.69) is 0 Å². The summed E-state index contributed by atoms with van der Waals surface area (Å²) in [7, 11) is 0. The summed E-state index contributed by atoms with van der Waals surface area (Å²) in [6.45, 7) is 3.74. The Morgan fingerprint density at radius 1 is 1.09 bits per heavy atom. The summed E-state index contributed by atoms with van der Waals surface area (Å²) in [5.74, 6) is -1.14. The monoisotopic (exact) mass is 371 g/mol. The van der Waals surface area contributed by atoms with E-state index in [4.69, 9.17) is 34.8 Å². The van der Waals surface area contributed by atoms with Gasteiger partial charge in [0, 0.05) is 36.0 Å². The van der Waals surface area contributed by atoms with Crippen LogP contribution < -0.4 is 0 Å². The lowest BCUT2D eigenvalue weighted by Crippen LogP contribution is -2.31. The van der Waals surface area contributed by atoms with Gasteiger partial charge in [0.15, 0.2) is 5.78 Å². The maximum absolute atomic E-state index is 12.4. The highest BCUT2D eigenvalue weighted by molar-refractivity contribution is 6.77. The second-order valence-corrected chi connectivity index (χ2v) is 7.71. The Morgan fingerprint density at radius 2 is 1.65 bits per heavy atom. The van der Waals surface area contributed by atoms with E-state index in [9.17, 15) is 9.59 Å². The number of rotatable bonds is 4. The average Bonchev–Trinajstić information content (AvgIpc) is 2.48. The van der Waals surface area contributed by atoms with Gasteiger partial charge in [-0.05, 0) is 12.5 Å². The smallest absolute Gasteiger partial charge is 0.253 e. The zero-order valence-electron chi connectivity index (χ0n) is 12.7. The molecule has 0 amide bonds. The van der Waals surface area contributed by atoms with E-state index in [1.54, 1.807) is 24.2 Å². The maximum Gasteiger partial charge on any atom is 0.253 e. The maximum atomic E-state index is 12.4. The van der Waals surface area contributed by atoms with Gasteiger partial charge in [-0.25, -0.2) is 0 Å². The third kappa shape index (κ3) is 4.37. The molecule has 0 saturated heterocycles. The first-order valence-corrected chi connectivity index (χ1v) is 8.19. The van der Waals surface area contributed by atoms with Crippen LogP contribution in [0.1, 0.15) is 19.4 Å². The summed E-state index contributed by atoms with van der Waals surface area (Å²) in [6.07, 6.45) is 3.39. The van der Waals surface area contributed by atoms with Gasteiger partial charge in [0.25, 0.3) is 3.79 Å². The molecule has 0 radical (unpaired) electrons. The van der Waals surface area contributed by atoms with Gasteiger partial charge in [-0.3, -0.25) is 9.59 Å². The van der Waals surface area contributed by atoms with Crippen LogP contribution in [-0.2, 0) is 16.1 Å². The molecule has 1 aliphatic rings. The summed E-state index contributed by atoms with van der Waals surface area (Å²) in [5, 5.41) is 0. The summed E-state index contributed by atoms with van der Waals surface area (Å²) in [6, 6.07) is 9.70. The Hall–Kier alpha value is -1.29. The summed E-state index contributed by atoms with van der Waals surface area (Å²) in [5.41, 5.74) is 1.87. The van der Waals surface area contributed by atoms with Gasteiger partial charge in [0.05, 0.1) is 0 Å². The topological polar surface area (TPSA) is 37.4 Å². The predicted octanol–water partition coefficient (Wildman–Crippen LogP) is 4.43. The van der Waals surface area contributed by atoms with E-state index in [0.29, 0.717) is 17.7 Å². The number of carbonyl (C=O) groups is 2. The van der Waals surface area contributed by atoms with Crippen molar-refractivity contribution in [3.8, 4) is 0 Å². The molecule has 0 aromatic heterocycles. The highest BCUT2D eigenvalue weighted by Crippen LogP contribution is 2.36. The van der Waals surface area contributed by atoms with Crippen LogP contribution in [0.15, 0.2) is 53.9 Å². The molecule has 1 aromatic carbocycles. The lowest BCUT2D eigenvalue weighted by atomic mass is 9.87. The van der Waals surface area contributed by atoms with Crippen LogP contribution in [0.3, 0.4) is 0 Å². The van der Waals surface area contributed by atoms with E-state index in [1.165, 1.54) is 6.92 Å². The van der Waals surface area contributed by atoms with Gasteiger partial charge in [-0.15, -0.1) is 0 Å². The molecule has 0 fully saturated rings. The molecule has 1 atom stereocenters. The van der Waals surface area contributed by atoms with Crippen molar-refractivity contribution >= 4 is 46.4 Å². The molecular formula is C17H16Cl3NO2. The highest BCUT2D eigenvalue weighted by atomic mass is 35.6. The highest BCUT2D eigenvalue weighted by Gasteiger charge is 2.38. The normalized spacial score (nSPS) is 18.3. The van der Waals surface area contributed by atoms with Crippen molar-refractivity contribution in [2.75, 3.05) is 0 Å². The molecular weight excluding hydrogens is 357 g/mol. The number of alkyl halides is 3. The van der Waals surface area contributed by atoms with Crippen molar-refractivity contribution in [3.05, 3.63) is 59.4 Å². The molecule has 23 heavy (non-hydrogen) atoms. The standard InChI is InChI=1S/C17H16Cl3NO2/c1-11-14(12(2)22)9-21(8-13-6-4-3-5-7-13)10-15(11)16(23)17(18,19)20/h3-7,9-11H,8H2,1-2H3. The molecule has 1 unspecified atom stereocenters. The molecule has 122 valence electrons. The number of ketones is 2. The van der Waals surface area contributed by atoms with Crippen LogP contribution in [0.2, 0.25) is 0 Å². The van der Waals surface area contributed by atoms with Crippen LogP contribution in [-0.4, -0.2) is 20.3 Å². The van der Waals surface area contributed by atoms with Crippen molar-refractivity contribution in [2.45, 2.75) is 24.2 Å². The summed E-state index contributed by atoms with van der Waals surface area (Å²) >= 11 is 17.2. The van der Waals surface area contributed by atoms with Gasteiger partial charge in [0.2, 0.25) is 5.78 Å². The quantitative estimate of drug-likeness (QED) is 0.734. The fourth-order valence-electron chi connectivity index (χ4n) is 2.49. The average molecular weight is 373 g/mol. The Labute approximate surface area is 150 Å². The summed E-state index contributed by atoms with van der Waals surface area (Å²) < 4.78 is -2.04. The van der Waals surface area contributed by atoms with E-state index >= 15 is 0 Å². The Balaban J connectivity index is 2.37. The molecule has 2 rings (SSSR count). The number of hydrogen-bond acceptors (Lipinski definition) is 3. The Bertz CT molecular complexity index is 675. The second-order valence-electron chi connectivity index (χ2n) is 5.43. The van der Waals surface area contributed by atoms with Crippen molar-refractivity contribution in [2.24, 2.45) is 5.92 Å². The lowest BCUT2D eigenvalue weighted by Gasteiger charge is -2.29. The fourth-order valence-corrected chi connectivity index (χ4v) is 2.81. The zero-order valence-corrected chi connectivity index (χ0v) is 15.0. The number of benzene rings is 1. The molecule has 0 saturated carbocycles. The first-order chi connectivity index (χ1) is 10.7. The van der Waals surface area contributed by atoms with Gasteiger partial charge in [0.1, 0.15) is 0 Å². The van der Waals surface area contributed by atoms with Gasteiger partial charge >= 0.3 is 0 Å². The molecule has 0 spiro atoms. The van der Waals surface area contributed by atoms with Gasteiger partial charge < -0.3 is 4.90 Å². The minimum atomic E-state index is -2.04. The third-order valence-corrected chi connectivity index (χ3v) is 4.19. The van der Waals surface area contributed by atoms with Crippen LogP contribution in [0.25, 0.3) is 0 Å².